The molecule has 0 bridgehead atoms. The Balaban J connectivity index is 3.07. The molecule has 10 heavy (non-hydrogen) atoms. The van der Waals surface area contributed by atoms with E-state index in [1.807, 2.05) is 0 Å². The summed E-state index contributed by atoms with van der Waals surface area (Å²) in [5, 5.41) is 10.0. The van der Waals surface area contributed by atoms with Crippen molar-refractivity contribution in [3.63, 3.8) is 0 Å². The van der Waals surface area contributed by atoms with E-state index in [0.717, 1.165) is 0 Å². The van der Waals surface area contributed by atoms with Gasteiger partial charge in [-0.15, -0.1) is 0 Å². The Hall–Kier alpha value is -1.39. The van der Waals surface area contributed by atoms with Crippen LogP contribution in [0.15, 0.2) is 18.3 Å². The Labute approximate surface area is 58.5 Å². The fraction of sp³-hybridized carbons (Fsp3) is 0. The summed E-state index contributed by atoms with van der Waals surface area (Å²) in [6, 6.07) is 2.70. The molecule has 4 nitrogen and oxygen atoms in total. The summed E-state index contributed by atoms with van der Waals surface area (Å²) in [5.41, 5.74) is 0.349. The SMILES string of the molecule is [B]c1ccnc([N+](=O)[O-])c1. The molecule has 0 N–H and O–H groups in total. The highest BCUT2D eigenvalue weighted by atomic mass is 16.6. The molecule has 1 aromatic heterocycles. The first-order valence-corrected chi connectivity index (χ1v) is 2.56. The zero-order chi connectivity index (χ0) is 7.56. The number of nitro groups is 1. The molecule has 0 saturated heterocycles. The molecule has 0 saturated carbocycles. The molecule has 0 fully saturated rings. The van der Waals surface area contributed by atoms with E-state index in [1.54, 1.807) is 0 Å². The van der Waals surface area contributed by atoms with E-state index in [-0.39, 0.29) is 5.82 Å². The number of hydrogen-bond acceptors (Lipinski definition) is 3. The Morgan fingerprint density at radius 1 is 1.70 bits per heavy atom. The molecule has 0 amide bonds. The normalized spacial score (nSPS) is 9.20. The fourth-order valence-corrected chi connectivity index (χ4v) is 0.534. The third-order valence-electron chi connectivity index (χ3n) is 0.957. The van der Waals surface area contributed by atoms with Crippen LogP contribution in [0.3, 0.4) is 0 Å². The van der Waals surface area contributed by atoms with Gasteiger partial charge in [0.2, 0.25) is 0 Å². The first-order chi connectivity index (χ1) is 4.70. The highest BCUT2D eigenvalue weighted by molar-refractivity contribution is 6.32. The van der Waals surface area contributed by atoms with Gasteiger partial charge in [-0.2, -0.15) is 0 Å². The summed E-state index contributed by atoms with van der Waals surface area (Å²) < 4.78 is 0. The van der Waals surface area contributed by atoms with Crippen molar-refractivity contribution in [2.45, 2.75) is 0 Å². The molecule has 0 unspecified atom stereocenters. The summed E-state index contributed by atoms with van der Waals surface area (Å²) in [6.45, 7) is 0. The highest BCUT2D eigenvalue weighted by Gasteiger charge is 2.03. The van der Waals surface area contributed by atoms with Crippen molar-refractivity contribution in [2.24, 2.45) is 0 Å². The lowest BCUT2D eigenvalue weighted by molar-refractivity contribution is -0.389. The van der Waals surface area contributed by atoms with Gasteiger partial charge in [-0.1, -0.05) is 5.46 Å². The smallest absolute Gasteiger partial charge is 0.358 e. The van der Waals surface area contributed by atoms with Gasteiger partial charge >= 0.3 is 5.82 Å². The number of pyridine rings is 1. The molecular formula is C5H3BN2O2. The van der Waals surface area contributed by atoms with Crippen molar-refractivity contribution in [2.75, 3.05) is 0 Å². The molecule has 5 heteroatoms. The summed E-state index contributed by atoms with van der Waals surface area (Å²) >= 11 is 0. The Morgan fingerprint density at radius 3 is 2.80 bits per heavy atom. The second kappa shape index (κ2) is 2.47. The summed E-state index contributed by atoms with van der Waals surface area (Å²) in [5.74, 6) is -0.222. The lowest BCUT2D eigenvalue weighted by Crippen LogP contribution is -2.03. The molecule has 0 aliphatic heterocycles. The minimum Gasteiger partial charge on any atom is -0.358 e. The van der Waals surface area contributed by atoms with Crippen LogP contribution in [0.2, 0.25) is 0 Å². The van der Waals surface area contributed by atoms with Crippen LogP contribution < -0.4 is 5.46 Å². The van der Waals surface area contributed by atoms with E-state index in [2.05, 4.69) is 4.98 Å². The number of hydrogen-bond donors (Lipinski definition) is 0. The Kier molecular flexibility index (Phi) is 1.66. The van der Waals surface area contributed by atoms with Gasteiger partial charge in [0.25, 0.3) is 0 Å². The van der Waals surface area contributed by atoms with Gasteiger partial charge in [-0.3, -0.25) is 0 Å². The van der Waals surface area contributed by atoms with Crippen molar-refractivity contribution >= 4 is 19.1 Å². The van der Waals surface area contributed by atoms with Gasteiger partial charge < -0.3 is 10.1 Å². The van der Waals surface area contributed by atoms with Gasteiger partial charge in [0, 0.05) is 6.07 Å². The summed E-state index contributed by atoms with van der Waals surface area (Å²) in [4.78, 5) is 12.9. The zero-order valence-electron chi connectivity index (χ0n) is 5.02. The number of aromatic nitrogens is 1. The predicted octanol–water partition coefficient (Wildman–Crippen LogP) is -0.216. The lowest BCUT2D eigenvalue weighted by Gasteiger charge is -1.90. The van der Waals surface area contributed by atoms with Crippen LogP contribution in [0.4, 0.5) is 5.82 Å². The van der Waals surface area contributed by atoms with Crippen LogP contribution in [0.5, 0.6) is 0 Å². The minimum atomic E-state index is -0.587. The van der Waals surface area contributed by atoms with E-state index in [1.165, 1.54) is 18.3 Å². The van der Waals surface area contributed by atoms with Crippen LogP contribution in [0, 0.1) is 10.1 Å². The molecule has 1 aromatic rings. The maximum atomic E-state index is 10.0. The third-order valence-corrected chi connectivity index (χ3v) is 0.957. The van der Waals surface area contributed by atoms with Crippen molar-refractivity contribution in [1.29, 1.82) is 0 Å². The van der Waals surface area contributed by atoms with Gasteiger partial charge in [-0.25, -0.2) is 0 Å². The molecule has 1 rings (SSSR count). The Morgan fingerprint density at radius 2 is 2.40 bits per heavy atom. The van der Waals surface area contributed by atoms with Gasteiger partial charge in [0.1, 0.15) is 14.0 Å². The third kappa shape index (κ3) is 1.31. The largest absolute Gasteiger partial charge is 0.362 e. The molecule has 0 spiro atoms. The quantitative estimate of drug-likeness (QED) is 0.303. The predicted molar refractivity (Wildman–Crippen MR) is 36.3 cm³/mol. The van der Waals surface area contributed by atoms with Crippen molar-refractivity contribution in [1.82, 2.24) is 4.98 Å². The zero-order valence-corrected chi connectivity index (χ0v) is 5.02. The summed E-state index contributed by atoms with van der Waals surface area (Å²) in [6.07, 6.45) is 1.30. The van der Waals surface area contributed by atoms with Crippen LogP contribution >= 0.6 is 0 Å². The molecular weight excluding hydrogens is 131 g/mol. The monoisotopic (exact) mass is 134 g/mol. The topological polar surface area (TPSA) is 56.0 Å². The molecule has 48 valence electrons. The van der Waals surface area contributed by atoms with Crippen molar-refractivity contribution in [3.8, 4) is 0 Å². The van der Waals surface area contributed by atoms with E-state index in [4.69, 9.17) is 7.85 Å². The van der Waals surface area contributed by atoms with Crippen LogP contribution in [0.25, 0.3) is 0 Å². The highest BCUT2D eigenvalue weighted by Crippen LogP contribution is 1.99. The summed E-state index contributed by atoms with van der Waals surface area (Å²) in [7, 11) is 5.25. The van der Waals surface area contributed by atoms with Crippen molar-refractivity contribution in [3.05, 3.63) is 28.4 Å². The van der Waals surface area contributed by atoms with Crippen LogP contribution in [-0.2, 0) is 0 Å². The minimum absolute atomic E-state index is 0.222. The Bertz CT molecular complexity index is 264. The van der Waals surface area contributed by atoms with Crippen LogP contribution in [0.1, 0.15) is 0 Å². The van der Waals surface area contributed by atoms with Crippen LogP contribution in [-0.4, -0.2) is 17.8 Å². The second-order valence-corrected chi connectivity index (χ2v) is 1.70. The molecule has 0 aliphatic rings. The van der Waals surface area contributed by atoms with E-state index >= 15 is 0 Å². The molecule has 0 aliphatic carbocycles. The molecule has 0 aromatic carbocycles. The van der Waals surface area contributed by atoms with E-state index in [9.17, 15) is 10.1 Å². The van der Waals surface area contributed by atoms with Gasteiger partial charge in [0.05, 0.1) is 0 Å². The lowest BCUT2D eigenvalue weighted by atomic mass is 9.98. The average Bonchev–Trinajstić information content (AvgIpc) is 1.88. The average molecular weight is 134 g/mol. The van der Waals surface area contributed by atoms with E-state index < -0.39 is 4.92 Å². The number of rotatable bonds is 1. The first kappa shape index (κ1) is 6.73. The van der Waals surface area contributed by atoms with Gasteiger partial charge in [-0.05, 0) is 16.0 Å². The van der Waals surface area contributed by atoms with Crippen molar-refractivity contribution < 1.29 is 4.92 Å². The first-order valence-electron chi connectivity index (χ1n) is 2.56. The maximum Gasteiger partial charge on any atom is 0.362 e. The number of nitrogens with zero attached hydrogens (tertiary/aromatic N) is 2. The van der Waals surface area contributed by atoms with E-state index in [0.29, 0.717) is 5.46 Å². The molecule has 2 radical (unpaired) electrons. The second-order valence-electron chi connectivity index (χ2n) is 1.70. The molecule has 0 atom stereocenters. The fourth-order valence-electron chi connectivity index (χ4n) is 0.534. The standard InChI is InChI=1S/C5H3BN2O2/c6-4-1-2-7-5(3-4)8(9)10/h1-3H. The molecule has 1 heterocycles. The maximum absolute atomic E-state index is 10.0. The van der Waals surface area contributed by atoms with Gasteiger partial charge in [0.15, 0.2) is 0 Å².